The first-order valence-electron chi connectivity index (χ1n) is 7.32. The summed E-state index contributed by atoms with van der Waals surface area (Å²) in [6.45, 7) is 4.95. The number of halogens is 1. The van der Waals surface area contributed by atoms with Crippen LogP contribution < -0.4 is 5.73 Å². The lowest BCUT2D eigenvalue weighted by molar-refractivity contribution is 0.259. The third kappa shape index (κ3) is 5.18. The monoisotopic (exact) mass is 406 g/mol. The molecule has 21 heavy (non-hydrogen) atoms. The molecule has 2 heterocycles. The summed E-state index contributed by atoms with van der Waals surface area (Å²) < 4.78 is 5.48. The molecule has 6 heteroatoms. The van der Waals surface area contributed by atoms with Gasteiger partial charge in [0.1, 0.15) is 5.76 Å². The lowest BCUT2D eigenvalue weighted by Crippen LogP contribution is -2.42. The number of nitrogens with zero attached hydrogens (tertiary/aromatic N) is 3. The number of hydrogen-bond acceptors (Lipinski definition) is 3. The summed E-state index contributed by atoms with van der Waals surface area (Å²) in [5.74, 6) is 2.39. The van der Waals surface area contributed by atoms with Crippen LogP contribution in [0.2, 0.25) is 0 Å². The normalized spacial score (nSPS) is 18.7. The van der Waals surface area contributed by atoms with E-state index in [0.29, 0.717) is 12.5 Å². The van der Waals surface area contributed by atoms with Crippen molar-refractivity contribution in [3.63, 3.8) is 0 Å². The first kappa shape index (κ1) is 18.3. The zero-order valence-corrected chi connectivity index (χ0v) is 15.5. The molecular weight excluding hydrogens is 379 g/mol. The highest BCUT2D eigenvalue weighted by atomic mass is 127. The van der Waals surface area contributed by atoms with Crippen LogP contribution in [0.25, 0.3) is 0 Å². The number of furan rings is 1. The number of rotatable bonds is 4. The summed E-state index contributed by atoms with van der Waals surface area (Å²) in [5, 5.41) is 0. The minimum Gasteiger partial charge on any atom is -0.468 e. The molecule has 120 valence electrons. The molecule has 1 aromatic heterocycles. The van der Waals surface area contributed by atoms with Gasteiger partial charge in [-0.05, 0) is 45.0 Å². The Kier molecular flexibility index (Phi) is 7.51. The third-order valence-corrected chi connectivity index (χ3v) is 4.03. The van der Waals surface area contributed by atoms with E-state index in [9.17, 15) is 0 Å². The number of likely N-dealkylation sites (tertiary alicyclic amines) is 1. The Morgan fingerprint density at radius 1 is 1.48 bits per heavy atom. The van der Waals surface area contributed by atoms with Crippen molar-refractivity contribution in [1.82, 2.24) is 9.80 Å². The Hall–Kier alpha value is -0.760. The van der Waals surface area contributed by atoms with Gasteiger partial charge in [0.15, 0.2) is 5.96 Å². The van der Waals surface area contributed by atoms with E-state index < -0.39 is 0 Å². The molecule has 2 rings (SSSR count). The molecule has 0 aliphatic carbocycles. The number of piperidine rings is 1. The van der Waals surface area contributed by atoms with Crippen LogP contribution in [0.5, 0.6) is 0 Å². The van der Waals surface area contributed by atoms with Crippen LogP contribution in [0.4, 0.5) is 0 Å². The second kappa shape index (κ2) is 8.63. The number of guanidine groups is 1. The Balaban J connectivity index is 0.00000220. The molecule has 0 radical (unpaired) electrons. The molecule has 1 atom stereocenters. The summed E-state index contributed by atoms with van der Waals surface area (Å²) in [7, 11) is 4.06. The van der Waals surface area contributed by atoms with E-state index in [-0.39, 0.29) is 30.0 Å². The number of hydrogen-bond donors (Lipinski definition) is 1. The first-order chi connectivity index (χ1) is 9.58. The van der Waals surface area contributed by atoms with Crippen molar-refractivity contribution < 1.29 is 4.42 Å². The quantitative estimate of drug-likeness (QED) is 0.475. The van der Waals surface area contributed by atoms with Crippen LogP contribution in [0.3, 0.4) is 0 Å². The molecule has 1 aliphatic heterocycles. The lowest BCUT2D eigenvalue weighted by Gasteiger charge is -2.31. The molecular formula is C15H27IN4O. The standard InChI is InChI=1S/C15H26N4O.HI/c1-12-6-8-19(9-7-12)15(16)17-11-13(18(2)3)14-5-4-10-20-14;/h4-5,10,12-13H,6-9,11H2,1-3H3,(H2,16,17);1H. The van der Waals surface area contributed by atoms with Gasteiger partial charge >= 0.3 is 0 Å². The smallest absolute Gasteiger partial charge is 0.191 e. The highest BCUT2D eigenvalue weighted by Gasteiger charge is 2.19. The average Bonchev–Trinajstić information content (AvgIpc) is 2.93. The molecule has 5 nitrogen and oxygen atoms in total. The molecule has 1 saturated heterocycles. The largest absolute Gasteiger partial charge is 0.468 e. The zero-order chi connectivity index (χ0) is 14.5. The van der Waals surface area contributed by atoms with Gasteiger partial charge in [-0.3, -0.25) is 9.89 Å². The molecule has 1 aliphatic rings. The Morgan fingerprint density at radius 2 is 2.14 bits per heavy atom. The van der Waals surface area contributed by atoms with Gasteiger partial charge in [0.2, 0.25) is 0 Å². The highest BCUT2D eigenvalue weighted by Crippen LogP contribution is 2.19. The highest BCUT2D eigenvalue weighted by molar-refractivity contribution is 14.0. The van der Waals surface area contributed by atoms with Gasteiger partial charge in [0, 0.05) is 13.1 Å². The summed E-state index contributed by atoms with van der Waals surface area (Å²) in [6.07, 6.45) is 4.10. The number of aliphatic imine (C=N–C) groups is 1. The van der Waals surface area contributed by atoms with E-state index in [0.717, 1.165) is 24.8 Å². The second-order valence-electron chi connectivity index (χ2n) is 5.86. The van der Waals surface area contributed by atoms with Crippen molar-refractivity contribution in [2.75, 3.05) is 33.7 Å². The molecule has 0 spiro atoms. The van der Waals surface area contributed by atoms with Crippen LogP contribution >= 0.6 is 24.0 Å². The maximum atomic E-state index is 6.12. The van der Waals surface area contributed by atoms with Crippen molar-refractivity contribution in [3.8, 4) is 0 Å². The topological polar surface area (TPSA) is 58.0 Å². The fourth-order valence-corrected chi connectivity index (χ4v) is 2.51. The van der Waals surface area contributed by atoms with E-state index >= 15 is 0 Å². The Morgan fingerprint density at radius 3 is 2.67 bits per heavy atom. The Labute approximate surface area is 144 Å². The summed E-state index contributed by atoms with van der Waals surface area (Å²) in [4.78, 5) is 8.86. The summed E-state index contributed by atoms with van der Waals surface area (Å²) in [5.41, 5.74) is 6.12. The SMILES string of the molecule is CC1CCN(C(N)=NCC(c2ccco2)N(C)C)CC1.I. The fraction of sp³-hybridized carbons (Fsp3) is 0.667. The van der Waals surface area contributed by atoms with Crippen LogP contribution in [0.1, 0.15) is 31.6 Å². The summed E-state index contributed by atoms with van der Waals surface area (Å²) >= 11 is 0. The predicted molar refractivity (Wildman–Crippen MR) is 97.0 cm³/mol. The van der Waals surface area contributed by atoms with Crippen LogP contribution in [-0.4, -0.2) is 49.5 Å². The number of likely N-dealkylation sites (N-methyl/N-ethyl adjacent to an activating group) is 1. The molecule has 2 N–H and O–H groups in total. The zero-order valence-electron chi connectivity index (χ0n) is 13.2. The van der Waals surface area contributed by atoms with Crippen molar-refractivity contribution >= 4 is 29.9 Å². The van der Waals surface area contributed by atoms with Crippen LogP contribution in [-0.2, 0) is 0 Å². The van der Waals surface area contributed by atoms with E-state index in [2.05, 4.69) is 21.7 Å². The third-order valence-electron chi connectivity index (χ3n) is 4.03. The van der Waals surface area contributed by atoms with E-state index in [1.165, 1.54) is 12.8 Å². The van der Waals surface area contributed by atoms with Crippen LogP contribution in [0, 0.1) is 5.92 Å². The van der Waals surface area contributed by atoms with E-state index in [1.807, 2.05) is 26.2 Å². The van der Waals surface area contributed by atoms with Gasteiger partial charge < -0.3 is 15.1 Å². The van der Waals surface area contributed by atoms with E-state index in [1.54, 1.807) is 6.26 Å². The molecule has 0 aromatic carbocycles. The van der Waals surface area contributed by atoms with Gasteiger partial charge in [-0.25, -0.2) is 0 Å². The minimum atomic E-state index is 0. The maximum Gasteiger partial charge on any atom is 0.191 e. The first-order valence-corrected chi connectivity index (χ1v) is 7.32. The summed E-state index contributed by atoms with van der Waals surface area (Å²) in [6, 6.07) is 4.02. The molecule has 1 unspecified atom stereocenters. The lowest BCUT2D eigenvalue weighted by atomic mass is 10.00. The predicted octanol–water partition coefficient (Wildman–Crippen LogP) is 2.55. The van der Waals surface area contributed by atoms with Gasteiger partial charge in [0.05, 0.1) is 18.8 Å². The van der Waals surface area contributed by atoms with Gasteiger partial charge in [-0.1, -0.05) is 6.92 Å². The molecule has 1 fully saturated rings. The molecule has 0 bridgehead atoms. The molecule has 0 saturated carbocycles. The van der Waals surface area contributed by atoms with Gasteiger partial charge in [0.25, 0.3) is 0 Å². The van der Waals surface area contributed by atoms with Crippen molar-refractivity contribution in [3.05, 3.63) is 24.2 Å². The van der Waals surface area contributed by atoms with E-state index in [4.69, 9.17) is 10.2 Å². The fourth-order valence-electron chi connectivity index (χ4n) is 2.51. The molecule has 0 amide bonds. The minimum absolute atomic E-state index is 0. The van der Waals surface area contributed by atoms with Gasteiger partial charge in [-0.15, -0.1) is 24.0 Å². The van der Waals surface area contributed by atoms with Gasteiger partial charge in [-0.2, -0.15) is 0 Å². The van der Waals surface area contributed by atoms with Crippen molar-refractivity contribution in [1.29, 1.82) is 0 Å². The maximum absolute atomic E-state index is 6.12. The van der Waals surface area contributed by atoms with Crippen LogP contribution in [0.15, 0.2) is 27.8 Å². The second-order valence-corrected chi connectivity index (χ2v) is 5.86. The average molecular weight is 406 g/mol. The Bertz CT molecular complexity index is 425. The van der Waals surface area contributed by atoms with Crippen molar-refractivity contribution in [2.45, 2.75) is 25.8 Å². The van der Waals surface area contributed by atoms with Crippen molar-refractivity contribution in [2.24, 2.45) is 16.6 Å². The molecule has 1 aromatic rings. The number of nitrogens with two attached hydrogens (primary N) is 1.